The molecule has 7 heteroatoms. The number of benzene rings is 1. The second-order valence-corrected chi connectivity index (χ2v) is 5.39. The van der Waals surface area contributed by atoms with Crippen molar-refractivity contribution in [3.05, 3.63) is 38.9 Å². The topological polar surface area (TPSA) is 89.5 Å². The molecule has 1 heterocycles. The minimum Gasteiger partial charge on any atom is -0.338 e. The third kappa shape index (κ3) is 3.26. The molecule has 6 nitrogen and oxygen atoms in total. The summed E-state index contributed by atoms with van der Waals surface area (Å²) in [6.07, 6.45) is 1.91. The van der Waals surface area contributed by atoms with E-state index in [2.05, 4.69) is 0 Å². The molecule has 1 fully saturated rings. The molecular weight excluding hydrogens is 282 g/mol. The minimum atomic E-state index is -0.554. The first-order valence-electron chi connectivity index (χ1n) is 6.45. The first-order chi connectivity index (χ1) is 9.51. The number of halogens is 1. The summed E-state index contributed by atoms with van der Waals surface area (Å²) in [5.41, 5.74) is 5.72. The summed E-state index contributed by atoms with van der Waals surface area (Å²) in [5.74, 6) is 0.0654. The fraction of sp³-hybridized carbons (Fsp3) is 0.462. The second-order valence-electron chi connectivity index (χ2n) is 4.95. The molecule has 1 aliphatic heterocycles. The predicted octanol–water partition coefficient (Wildman–Crippen LogP) is 2.06. The Balaban J connectivity index is 2.22. The number of nitrogens with two attached hydrogens (primary N) is 1. The highest BCUT2D eigenvalue weighted by Gasteiger charge is 2.25. The van der Waals surface area contributed by atoms with Crippen molar-refractivity contribution in [1.29, 1.82) is 0 Å². The van der Waals surface area contributed by atoms with E-state index in [4.69, 9.17) is 17.3 Å². The molecule has 1 unspecified atom stereocenters. The Morgan fingerprint density at radius 1 is 1.50 bits per heavy atom. The Bertz CT molecular complexity index is 536. The third-order valence-electron chi connectivity index (χ3n) is 3.48. The van der Waals surface area contributed by atoms with Crippen LogP contribution in [-0.2, 0) is 0 Å². The van der Waals surface area contributed by atoms with Crippen LogP contribution in [0.5, 0.6) is 0 Å². The van der Waals surface area contributed by atoms with E-state index in [0.717, 1.165) is 12.8 Å². The van der Waals surface area contributed by atoms with Crippen LogP contribution in [0.15, 0.2) is 18.2 Å². The van der Waals surface area contributed by atoms with Gasteiger partial charge in [0, 0.05) is 35.8 Å². The lowest BCUT2D eigenvalue weighted by molar-refractivity contribution is -0.384. The number of carbonyl (C=O) groups is 1. The van der Waals surface area contributed by atoms with Crippen LogP contribution in [0, 0.1) is 16.0 Å². The molecule has 1 amide bonds. The van der Waals surface area contributed by atoms with E-state index in [1.807, 2.05) is 0 Å². The number of non-ortho nitro benzene ring substituents is 1. The lowest BCUT2D eigenvalue weighted by Crippen LogP contribution is -2.42. The summed E-state index contributed by atoms with van der Waals surface area (Å²) >= 11 is 5.84. The van der Waals surface area contributed by atoms with E-state index < -0.39 is 4.92 Å². The summed E-state index contributed by atoms with van der Waals surface area (Å²) < 4.78 is 0. The van der Waals surface area contributed by atoms with Crippen LogP contribution in [0.25, 0.3) is 0 Å². The van der Waals surface area contributed by atoms with Crippen LogP contribution in [0.1, 0.15) is 23.2 Å². The molecule has 1 saturated heterocycles. The molecule has 20 heavy (non-hydrogen) atoms. The Morgan fingerprint density at radius 3 is 2.90 bits per heavy atom. The van der Waals surface area contributed by atoms with Crippen molar-refractivity contribution in [1.82, 2.24) is 4.90 Å². The Morgan fingerprint density at radius 2 is 2.25 bits per heavy atom. The number of nitro benzene ring substituents is 1. The molecule has 1 atom stereocenters. The predicted molar refractivity (Wildman–Crippen MR) is 75.8 cm³/mol. The van der Waals surface area contributed by atoms with Gasteiger partial charge in [0.15, 0.2) is 0 Å². The molecule has 2 rings (SSSR count). The number of rotatable bonds is 3. The van der Waals surface area contributed by atoms with E-state index in [9.17, 15) is 14.9 Å². The van der Waals surface area contributed by atoms with Crippen molar-refractivity contribution in [3.8, 4) is 0 Å². The van der Waals surface area contributed by atoms with Crippen LogP contribution in [0.3, 0.4) is 0 Å². The standard InChI is InChI=1S/C13H16ClN3O3/c14-11-4-10(5-12(6-11)17(19)20)13(18)16-3-1-2-9(7-15)8-16/h4-6,9H,1-3,7-8,15H2. The summed E-state index contributed by atoms with van der Waals surface area (Å²) in [5, 5.41) is 11.0. The van der Waals surface area contributed by atoms with Gasteiger partial charge in [0.1, 0.15) is 0 Å². The smallest absolute Gasteiger partial charge is 0.271 e. The first kappa shape index (κ1) is 14.7. The third-order valence-corrected chi connectivity index (χ3v) is 3.70. The number of hydrogen-bond acceptors (Lipinski definition) is 4. The van der Waals surface area contributed by atoms with Gasteiger partial charge in [-0.15, -0.1) is 0 Å². The molecule has 1 aromatic carbocycles. The van der Waals surface area contributed by atoms with E-state index in [1.165, 1.54) is 18.2 Å². The summed E-state index contributed by atoms with van der Waals surface area (Å²) in [6, 6.07) is 3.96. The molecule has 0 aromatic heterocycles. The highest BCUT2D eigenvalue weighted by atomic mass is 35.5. The second kappa shape index (κ2) is 6.19. The zero-order valence-electron chi connectivity index (χ0n) is 10.9. The number of nitrogens with zero attached hydrogens (tertiary/aromatic N) is 2. The lowest BCUT2D eigenvalue weighted by Gasteiger charge is -2.32. The zero-order chi connectivity index (χ0) is 14.7. The van der Waals surface area contributed by atoms with Gasteiger partial charge in [0.25, 0.3) is 11.6 Å². The van der Waals surface area contributed by atoms with E-state index >= 15 is 0 Å². The van der Waals surface area contributed by atoms with Gasteiger partial charge < -0.3 is 10.6 Å². The average Bonchev–Trinajstić information content (AvgIpc) is 2.45. The fourth-order valence-electron chi connectivity index (χ4n) is 2.43. The van der Waals surface area contributed by atoms with Gasteiger partial charge in [-0.3, -0.25) is 14.9 Å². The highest BCUT2D eigenvalue weighted by Crippen LogP contribution is 2.24. The number of likely N-dealkylation sites (tertiary alicyclic amines) is 1. The number of amides is 1. The van der Waals surface area contributed by atoms with Gasteiger partial charge in [-0.05, 0) is 31.4 Å². The van der Waals surface area contributed by atoms with Crippen molar-refractivity contribution in [2.45, 2.75) is 12.8 Å². The Kier molecular flexibility index (Phi) is 4.57. The molecular formula is C13H16ClN3O3. The zero-order valence-corrected chi connectivity index (χ0v) is 11.7. The number of hydrogen-bond donors (Lipinski definition) is 1. The van der Waals surface area contributed by atoms with Crippen molar-refractivity contribution >= 4 is 23.2 Å². The number of nitro groups is 1. The molecule has 0 bridgehead atoms. The van der Waals surface area contributed by atoms with Gasteiger partial charge in [-0.2, -0.15) is 0 Å². The molecule has 0 saturated carbocycles. The van der Waals surface area contributed by atoms with Gasteiger partial charge in [-0.25, -0.2) is 0 Å². The van der Waals surface area contributed by atoms with E-state index in [1.54, 1.807) is 4.90 Å². The molecule has 0 radical (unpaired) electrons. The first-order valence-corrected chi connectivity index (χ1v) is 6.83. The quantitative estimate of drug-likeness (QED) is 0.683. The number of carbonyl (C=O) groups excluding carboxylic acids is 1. The monoisotopic (exact) mass is 297 g/mol. The van der Waals surface area contributed by atoms with Crippen molar-refractivity contribution in [3.63, 3.8) is 0 Å². The van der Waals surface area contributed by atoms with Crippen LogP contribution in [0.2, 0.25) is 5.02 Å². The minimum absolute atomic E-state index is 0.173. The Hall–Kier alpha value is -1.66. The normalized spacial score (nSPS) is 18.9. The van der Waals surface area contributed by atoms with Gasteiger partial charge in [0.2, 0.25) is 0 Å². The summed E-state index contributed by atoms with van der Waals surface area (Å²) in [7, 11) is 0. The molecule has 0 spiro atoms. The largest absolute Gasteiger partial charge is 0.338 e. The van der Waals surface area contributed by atoms with Crippen molar-refractivity contribution in [2.24, 2.45) is 11.7 Å². The molecule has 108 valence electrons. The molecule has 2 N–H and O–H groups in total. The fourth-order valence-corrected chi connectivity index (χ4v) is 2.66. The van der Waals surface area contributed by atoms with Crippen LogP contribution < -0.4 is 5.73 Å². The Labute approximate surface area is 121 Å². The van der Waals surface area contributed by atoms with E-state index in [0.29, 0.717) is 25.6 Å². The van der Waals surface area contributed by atoms with Crippen LogP contribution in [-0.4, -0.2) is 35.4 Å². The maximum atomic E-state index is 12.4. The van der Waals surface area contributed by atoms with Crippen molar-refractivity contribution in [2.75, 3.05) is 19.6 Å². The summed E-state index contributed by atoms with van der Waals surface area (Å²) in [6.45, 7) is 1.78. The van der Waals surface area contributed by atoms with Gasteiger partial charge in [0.05, 0.1) is 4.92 Å². The molecule has 1 aliphatic rings. The van der Waals surface area contributed by atoms with E-state index in [-0.39, 0.29) is 22.2 Å². The molecule has 1 aromatic rings. The maximum Gasteiger partial charge on any atom is 0.271 e. The van der Waals surface area contributed by atoms with Crippen LogP contribution >= 0.6 is 11.6 Å². The maximum absolute atomic E-state index is 12.4. The van der Waals surface area contributed by atoms with Gasteiger partial charge in [-0.1, -0.05) is 11.6 Å². The van der Waals surface area contributed by atoms with Crippen molar-refractivity contribution < 1.29 is 9.72 Å². The highest BCUT2D eigenvalue weighted by molar-refractivity contribution is 6.31. The van der Waals surface area contributed by atoms with Crippen LogP contribution in [0.4, 0.5) is 5.69 Å². The SMILES string of the molecule is NCC1CCCN(C(=O)c2cc(Cl)cc([N+](=O)[O-])c2)C1. The number of piperidine rings is 1. The van der Waals surface area contributed by atoms with Gasteiger partial charge >= 0.3 is 0 Å². The average molecular weight is 298 g/mol. The lowest BCUT2D eigenvalue weighted by atomic mass is 9.97. The summed E-state index contributed by atoms with van der Waals surface area (Å²) in [4.78, 5) is 24.3. The molecule has 0 aliphatic carbocycles.